The molecule has 0 radical (unpaired) electrons. The molecule has 4 aliphatic carbocycles. The van der Waals surface area contributed by atoms with E-state index in [1.807, 2.05) is 0 Å². The Kier molecular flexibility index (Phi) is 6.30. The molecule has 1 saturated heterocycles. The van der Waals surface area contributed by atoms with Crippen LogP contribution in [-0.4, -0.2) is 53.2 Å². The summed E-state index contributed by atoms with van der Waals surface area (Å²) in [7, 11) is 0. The van der Waals surface area contributed by atoms with Gasteiger partial charge in [0.1, 0.15) is 18.3 Å². The molecule has 4 fully saturated rings. The zero-order chi connectivity index (χ0) is 26.0. The quantitative estimate of drug-likeness (QED) is 0.351. The van der Waals surface area contributed by atoms with Crippen molar-refractivity contribution in [3.63, 3.8) is 0 Å². The average Bonchev–Trinajstić information content (AvgIpc) is 3.27. The van der Waals surface area contributed by atoms with Gasteiger partial charge in [-0.3, -0.25) is 14.4 Å². The molecule has 4 unspecified atom stereocenters. The first-order chi connectivity index (χ1) is 16.9. The molecule has 0 aromatic heterocycles. The lowest BCUT2D eigenvalue weighted by atomic mass is 9.45. The van der Waals surface area contributed by atoms with Gasteiger partial charge in [-0.2, -0.15) is 0 Å². The van der Waals surface area contributed by atoms with Crippen LogP contribution in [0.1, 0.15) is 86.0 Å². The summed E-state index contributed by atoms with van der Waals surface area (Å²) in [5.41, 5.74) is 0.0407. The smallest absolute Gasteiger partial charge is 0.303 e. The van der Waals surface area contributed by atoms with Gasteiger partial charge in [-0.05, 0) is 55.9 Å². The van der Waals surface area contributed by atoms with Crippen molar-refractivity contribution in [1.82, 2.24) is 0 Å². The van der Waals surface area contributed by atoms with Crippen molar-refractivity contribution in [2.24, 2.45) is 28.6 Å². The Morgan fingerprint density at radius 1 is 0.944 bits per heavy atom. The average molecular weight is 505 g/mol. The van der Waals surface area contributed by atoms with Gasteiger partial charge < -0.3 is 24.1 Å². The highest BCUT2D eigenvalue weighted by Crippen LogP contribution is 2.70. The van der Waals surface area contributed by atoms with E-state index in [1.54, 1.807) is 0 Å². The van der Waals surface area contributed by atoms with Gasteiger partial charge in [0, 0.05) is 50.9 Å². The van der Waals surface area contributed by atoms with Gasteiger partial charge in [0.25, 0.3) is 0 Å². The second kappa shape index (κ2) is 8.83. The Morgan fingerprint density at radius 3 is 2.22 bits per heavy atom. The highest BCUT2D eigenvalue weighted by atomic mass is 16.6. The fraction of sp³-hybridized carbons (Fsp3) is 0.821. The van der Waals surface area contributed by atoms with Gasteiger partial charge in [-0.25, -0.2) is 0 Å². The Labute approximate surface area is 213 Å². The first-order valence-corrected chi connectivity index (χ1v) is 13.5. The van der Waals surface area contributed by atoms with Crippen LogP contribution in [0.15, 0.2) is 11.6 Å². The summed E-state index contributed by atoms with van der Waals surface area (Å²) in [4.78, 5) is 36.4. The predicted molar refractivity (Wildman–Crippen MR) is 128 cm³/mol. The molecule has 5 aliphatic rings. The maximum Gasteiger partial charge on any atom is 0.303 e. The molecule has 3 saturated carbocycles. The summed E-state index contributed by atoms with van der Waals surface area (Å²) in [6, 6.07) is 0. The molecule has 8 nitrogen and oxygen atoms in total. The van der Waals surface area contributed by atoms with Gasteiger partial charge in [0.05, 0.1) is 5.60 Å². The first kappa shape index (κ1) is 25.7. The Bertz CT molecular complexity index is 975. The molecular weight excluding hydrogens is 464 g/mol. The third-order valence-corrected chi connectivity index (χ3v) is 10.4. The van der Waals surface area contributed by atoms with E-state index in [4.69, 9.17) is 18.9 Å². The summed E-state index contributed by atoms with van der Waals surface area (Å²) in [5.74, 6) is -0.860. The molecule has 8 heteroatoms. The number of esters is 3. The number of aliphatic hydroxyl groups is 1. The molecule has 5 rings (SSSR count). The van der Waals surface area contributed by atoms with Crippen LogP contribution in [0.3, 0.4) is 0 Å². The summed E-state index contributed by atoms with van der Waals surface area (Å²) in [5, 5.41) is 10.3. The van der Waals surface area contributed by atoms with Crippen molar-refractivity contribution in [3.05, 3.63) is 11.6 Å². The van der Waals surface area contributed by atoms with E-state index in [-0.39, 0.29) is 58.7 Å². The molecule has 1 spiro atoms. The van der Waals surface area contributed by atoms with Crippen molar-refractivity contribution in [1.29, 1.82) is 0 Å². The highest BCUT2D eigenvalue weighted by Gasteiger charge is 2.70. The number of fused-ring (bicyclic) bond motifs is 6. The molecule has 36 heavy (non-hydrogen) atoms. The van der Waals surface area contributed by atoms with Crippen LogP contribution >= 0.6 is 0 Å². The number of ether oxygens (including phenoxy) is 4. The molecule has 10 atom stereocenters. The van der Waals surface area contributed by atoms with Gasteiger partial charge in [-0.15, -0.1) is 0 Å². The van der Waals surface area contributed by atoms with E-state index < -0.39 is 18.0 Å². The summed E-state index contributed by atoms with van der Waals surface area (Å²) in [6.07, 6.45) is 6.16. The maximum atomic E-state index is 12.4. The van der Waals surface area contributed by atoms with Crippen molar-refractivity contribution >= 4 is 17.9 Å². The Hall–Kier alpha value is -1.93. The number of carbonyl (C=O) groups excluding carboxylic acids is 3. The highest BCUT2D eigenvalue weighted by molar-refractivity contribution is 5.67. The van der Waals surface area contributed by atoms with Gasteiger partial charge in [0.15, 0.2) is 6.29 Å². The van der Waals surface area contributed by atoms with E-state index in [0.29, 0.717) is 19.3 Å². The Balaban J connectivity index is 1.60. The number of rotatable bonds is 3. The molecule has 0 aromatic carbocycles. The zero-order valence-electron chi connectivity index (χ0n) is 22.1. The van der Waals surface area contributed by atoms with Crippen molar-refractivity contribution in [3.8, 4) is 0 Å². The third-order valence-electron chi connectivity index (χ3n) is 10.4. The zero-order valence-corrected chi connectivity index (χ0v) is 22.1. The van der Waals surface area contributed by atoms with Crippen LogP contribution in [0.5, 0.6) is 0 Å². The van der Waals surface area contributed by atoms with Crippen LogP contribution < -0.4 is 0 Å². The van der Waals surface area contributed by atoms with Gasteiger partial charge in [0.2, 0.25) is 0 Å². The van der Waals surface area contributed by atoms with Crippen molar-refractivity contribution in [2.75, 3.05) is 0 Å². The van der Waals surface area contributed by atoms with Crippen LogP contribution in [0.4, 0.5) is 0 Å². The van der Waals surface area contributed by atoms with E-state index in [9.17, 15) is 19.5 Å². The van der Waals surface area contributed by atoms with Crippen LogP contribution in [-0.2, 0) is 33.3 Å². The normalized spacial score (nSPS) is 47.3. The fourth-order valence-corrected chi connectivity index (χ4v) is 9.05. The van der Waals surface area contributed by atoms with Crippen molar-refractivity contribution < 1.29 is 38.4 Å². The maximum absolute atomic E-state index is 12.4. The van der Waals surface area contributed by atoms with Gasteiger partial charge >= 0.3 is 17.9 Å². The molecule has 1 N–H and O–H groups in total. The second-order valence-electron chi connectivity index (χ2n) is 12.3. The number of hydrogen-bond acceptors (Lipinski definition) is 8. The topological polar surface area (TPSA) is 108 Å². The van der Waals surface area contributed by atoms with E-state index in [2.05, 4.69) is 19.9 Å². The number of hydrogen-bond donors (Lipinski definition) is 1. The lowest BCUT2D eigenvalue weighted by Gasteiger charge is -2.62. The monoisotopic (exact) mass is 504 g/mol. The van der Waals surface area contributed by atoms with E-state index in [0.717, 1.165) is 37.7 Å². The standard InChI is InChI=1S/C28H40O8/c1-15(29)33-19-6-9-26(4)18(12-19)13-21(34-16(2)30)24-20-7-10-28(11-8-23(32)36-28)27(20,5)14-22(25(24)26)35-17(3)31/h13,19-25,32H,6-12,14H2,1-5H3/t19-,20-,21-,22?,23?,24+,25?,26-,27-,28?/m0/s1. The molecule has 200 valence electrons. The SMILES string of the molecule is CC(=O)OC1C[C@@]2(C)[C@@H](CCC23CCC(O)O3)[C@H]2C1[C@@]1(C)CC[C@H](OC(C)=O)CC1=C[C@@H]2OC(C)=O. The molecule has 0 bridgehead atoms. The minimum atomic E-state index is -0.776. The lowest BCUT2D eigenvalue weighted by Crippen LogP contribution is -2.63. The lowest BCUT2D eigenvalue weighted by molar-refractivity contribution is -0.228. The van der Waals surface area contributed by atoms with Crippen LogP contribution in [0.2, 0.25) is 0 Å². The second-order valence-corrected chi connectivity index (χ2v) is 12.3. The molecular formula is C28H40O8. The molecule has 0 amide bonds. The molecule has 1 aliphatic heterocycles. The number of carbonyl (C=O) groups is 3. The van der Waals surface area contributed by atoms with Crippen LogP contribution in [0.25, 0.3) is 0 Å². The van der Waals surface area contributed by atoms with E-state index >= 15 is 0 Å². The van der Waals surface area contributed by atoms with Crippen molar-refractivity contribution in [2.45, 2.75) is 116 Å². The minimum Gasteiger partial charge on any atom is -0.462 e. The fourth-order valence-electron chi connectivity index (χ4n) is 9.05. The first-order valence-electron chi connectivity index (χ1n) is 13.5. The van der Waals surface area contributed by atoms with E-state index in [1.165, 1.54) is 20.8 Å². The minimum absolute atomic E-state index is 0.0384. The summed E-state index contributed by atoms with van der Waals surface area (Å²) < 4.78 is 23.9. The molecule has 0 aromatic rings. The molecule has 1 heterocycles. The van der Waals surface area contributed by atoms with Crippen LogP contribution in [0, 0.1) is 28.6 Å². The summed E-state index contributed by atoms with van der Waals surface area (Å²) >= 11 is 0. The Morgan fingerprint density at radius 2 is 1.61 bits per heavy atom. The number of aliphatic hydroxyl groups excluding tert-OH is 1. The predicted octanol–water partition coefficient (Wildman–Crippen LogP) is 3.83. The third kappa shape index (κ3) is 3.90. The summed E-state index contributed by atoms with van der Waals surface area (Å²) in [6.45, 7) is 8.77. The van der Waals surface area contributed by atoms with Gasteiger partial charge in [-0.1, -0.05) is 19.4 Å². The largest absolute Gasteiger partial charge is 0.462 e.